The number of sulfonamides is 1. The Labute approximate surface area is 158 Å². The maximum Gasteiger partial charge on any atom is 0.251 e. The third-order valence-electron chi connectivity index (χ3n) is 3.67. The molecule has 0 radical (unpaired) electrons. The Bertz CT molecular complexity index is 914. The van der Waals surface area contributed by atoms with E-state index in [1.165, 1.54) is 32.3 Å². The van der Waals surface area contributed by atoms with Gasteiger partial charge in [0.25, 0.3) is 5.91 Å². The van der Waals surface area contributed by atoms with Crippen molar-refractivity contribution in [3.05, 3.63) is 52.7 Å². The van der Waals surface area contributed by atoms with Gasteiger partial charge in [-0.3, -0.25) is 4.79 Å². The van der Waals surface area contributed by atoms with Crippen molar-refractivity contribution in [3.63, 3.8) is 0 Å². The zero-order valence-electron chi connectivity index (χ0n) is 15.0. The van der Waals surface area contributed by atoms with Gasteiger partial charge < -0.3 is 10.2 Å². The number of hydrogen-bond acceptors (Lipinski definition) is 5. The predicted molar refractivity (Wildman–Crippen MR) is 102 cm³/mol. The van der Waals surface area contributed by atoms with Crippen molar-refractivity contribution in [2.24, 2.45) is 0 Å². The van der Waals surface area contributed by atoms with Gasteiger partial charge in [-0.2, -0.15) is 0 Å². The third-order valence-corrected chi connectivity index (χ3v) is 5.97. The molecule has 0 spiro atoms. The number of nitrogens with one attached hydrogen (secondary N) is 1. The molecule has 0 aliphatic rings. The van der Waals surface area contributed by atoms with E-state index in [1.54, 1.807) is 12.3 Å². The van der Waals surface area contributed by atoms with Crippen LogP contribution in [-0.4, -0.2) is 51.8 Å². The van der Waals surface area contributed by atoms with Gasteiger partial charge in [-0.15, -0.1) is 0 Å². The molecular formula is C17H21ClN4O3S. The molecule has 1 aromatic heterocycles. The van der Waals surface area contributed by atoms with E-state index in [1.807, 2.05) is 25.1 Å². The zero-order chi connectivity index (χ0) is 19.5. The summed E-state index contributed by atoms with van der Waals surface area (Å²) in [7, 11) is 2.84. The predicted octanol–water partition coefficient (Wildman–Crippen LogP) is 1.98. The van der Waals surface area contributed by atoms with Crippen LogP contribution in [0.2, 0.25) is 5.02 Å². The standard InChI is InChI=1S/C17H21ClN4O3S/c1-21(2)16-9-12(7-8-19-16)11-20-17(23)13-5-6-14(18)15(10-13)26(24,25)22(3)4/h5-10H,11H2,1-4H3,(H,20,23). The van der Waals surface area contributed by atoms with Gasteiger partial charge in [-0.25, -0.2) is 17.7 Å². The van der Waals surface area contributed by atoms with Crippen LogP contribution in [0.3, 0.4) is 0 Å². The number of amides is 1. The zero-order valence-corrected chi connectivity index (χ0v) is 16.6. The minimum absolute atomic E-state index is 0.0695. The van der Waals surface area contributed by atoms with Crippen molar-refractivity contribution in [2.75, 3.05) is 33.1 Å². The summed E-state index contributed by atoms with van der Waals surface area (Å²) < 4.78 is 25.7. The van der Waals surface area contributed by atoms with Crippen LogP contribution in [0.4, 0.5) is 5.82 Å². The summed E-state index contributed by atoms with van der Waals surface area (Å²) in [5.74, 6) is 0.391. The lowest BCUT2D eigenvalue weighted by molar-refractivity contribution is 0.0950. The quantitative estimate of drug-likeness (QED) is 0.807. The van der Waals surface area contributed by atoms with Crippen molar-refractivity contribution in [3.8, 4) is 0 Å². The van der Waals surface area contributed by atoms with E-state index in [0.29, 0.717) is 6.54 Å². The van der Waals surface area contributed by atoms with Crippen molar-refractivity contribution in [1.29, 1.82) is 0 Å². The molecule has 0 saturated carbocycles. The van der Waals surface area contributed by atoms with Gasteiger partial charge in [0.2, 0.25) is 10.0 Å². The van der Waals surface area contributed by atoms with E-state index in [0.717, 1.165) is 15.7 Å². The average molecular weight is 397 g/mol. The highest BCUT2D eigenvalue weighted by atomic mass is 35.5. The molecule has 26 heavy (non-hydrogen) atoms. The normalized spacial score (nSPS) is 11.5. The van der Waals surface area contributed by atoms with E-state index in [9.17, 15) is 13.2 Å². The van der Waals surface area contributed by atoms with Crippen LogP contribution in [0.15, 0.2) is 41.4 Å². The fourth-order valence-electron chi connectivity index (χ4n) is 2.14. The monoisotopic (exact) mass is 396 g/mol. The van der Waals surface area contributed by atoms with Crippen LogP contribution >= 0.6 is 11.6 Å². The minimum atomic E-state index is -3.74. The molecule has 0 unspecified atom stereocenters. The molecule has 0 fully saturated rings. The number of benzene rings is 1. The number of pyridine rings is 1. The number of nitrogens with zero attached hydrogens (tertiary/aromatic N) is 3. The molecule has 2 aromatic rings. The Balaban J connectivity index is 2.19. The van der Waals surface area contributed by atoms with E-state index >= 15 is 0 Å². The number of carbonyl (C=O) groups is 1. The third kappa shape index (κ3) is 4.51. The summed E-state index contributed by atoms with van der Waals surface area (Å²) in [5, 5.41) is 2.84. The molecule has 7 nitrogen and oxygen atoms in total. The Morgan fingerprint density at radius 2 is 1.85 bits per heavy atom. The molecule has 9 heteroatoms. The molecular weight excluding hydrogens is 376 g/mol. The number of carbonyl (C=O) groups excluding carboxylic acids is 1. The Kier molecular flexibility index (Phi) is 6.22. The number of aromatic nitrogens is 1. The molecule has 1 aromatic carbocycles. The first-order valence-electron chi connectivity index (χ1n) is 7.75. The number of halogens is 1. The second-order valence-electron chi connectivity index (χ2n) is 6.03. The van der Waals surface area contributed by atoms with Crippen molar-refractivity contribution >= 4 is 33.3 Å². The van der Waals surface area contributed by atoms with Crippen LogP contribution in [0.1, 0.15) is 15.9 Å². The second-order valence-corrected chi connectivity index (χ2v) is 8.56. The lowest BCUT2D eigenvalue weighted by atomic mass is 10.2. The van der Waals surface area contributed by atoms with Crippen LogP contribution in [0.25, 0.3) is 0 Å². The smallest absolute Gasteiger partial charge is 0.251 e. The minimum Gasteiger partial charge on any atom is -0.363 e. The van der Waals surface area contributed by atoms with Crippen molar-refractivity contribution in [2.45, 2.75) is 11.4 Å². The topological polar surface area (TPSA) is 82.6 Å². The summed E-state index contributed by atoms with van der Waals surface area (Å²) in [5.41, 5.74) is 1.10. The summed E-state index contributed by atoms with van der Waals surface area (Å²) >= 11 is 6.00. The first-order valence-corrected chi connectivity index (χ1v) is 9.57. The maximum absolute atomic E-state index is 12.4. The molecule has 0 atom stereocenters. The molecule has 140 valence electrons. The van der Waals surface area contributed by atoms with E-state index in [2.05, 4.69) is 10.3 Å². The van der Waals surface area contributed by atoms with Gasteiger partial charge in [-0.1, -0.05) is 11.6 Å². The SMILES string of the molecule is CN(C)c1cc(CNC(=O)c2ccc(Cl)c(S(=O)(=O)N(C)C)c2)ccn1. The van der Waals surface area contributed by atoms with Crippen molar-refractivity contribution < 1.29 is 13.2 Å². The molecule has 0 aliphatic carbocycles. The van der Waals surface area contributed by atoms with Crippen molar-refractivity contribution in [1.82, 2.24) is 14.6 Å². The van der Waals surface area contributed by atoms with Gasteiger partial charge in [0.05, 0.1) is 5.02 Å². The molecule has 0 saturated heterocycles. The molecule has 0 bridgehead atoms. The second kappa shape index (κ2) is 8.03. The lowest BCUT2D eigenvalue weighted by Crippen LogP contribution is -2.25. The van der Waals surface area contributed by atoms with Crippen LogP contribution in [-0.2, 0) is 16.6 Å². The number of anilines is 1. The van der Waals surface area contributed by atoms with Gasteiger partial charge >= 0.3 is 0 Å². The Hall–Kier alpha value is -2.16. The fourth-order valence-corrected chi connectivity index (χ4v) is 3.53. The van der Waals surface area contributed by atoms with E-state index < -0.39 is 10.0 Å². The summed E-state index contributed by atoms with van der Waals surface area (Å²) in [4.78, 5) is 18.4. The van der Waals surface area contributed by atoms with Crippen LogP contribution < -0.4 is 10.2 Å². The Morgan fingerprint density at radius 1 is 1.15 bits per heavy atom. The highest BCUT2D eigenvalue weighted by molar-refractivity contribution is 7.89. The highest BCUT2D eigenvalue weighted by Crippen LogP contribution is 2.24. The summed E-state index contributed by atoms with van der Waals surface area (Å²) in [6.07, 6.45) is 1.67. The van der Waals surface area contributed by atoms with Crippen LogP contribution in [0, 0.1) is 0 Å². The number of rotatable bonds is 6. The summed E-state index contributed by atoms with van der Waals surface area (Å²) in [6.45, 7) is 0.292. The first-order chi connectivity index (χ1) is 12.1. The van der Waals surface area contributed by atoms with Gasteiger partial charge in [0.15, 0.2) is 0 Å². The highest BCUT2D eigenvalue weighted by Gasteiger charge is 2.22. The first kappa shape index (κ1) is 20.2. The molecule has 0 aliphatic heterocycles. The molecule has 1 heterocycles. The molecule has 1 N–H and O–H groups in total. The summed E-state index contributed by atoms with van der Waals surface area (Å²) in [6, 6.07) is 7.85. The Morgan fingerprint density at radius 3 is 2.46 bits per heavy atom. The molecule has 2 rings (SSSR count). The van der Waals surface area contributed by atoms with E-state index in [-0.39, 0.29) is 21.4 Å². The van der Waals surface area contributed by atoms with Gasteiger partial charge in [0, 0.05) is 46.5 Å². The number of hydrogen-bond donors (Lipinski definition) is 1. The lowest BCUT2D eigenvalue weighted by Gasteiger charge is -2.14. The van der Waals surface area contributed by atoms with Crippen LogP contribution in [0.5, 0.6) is 0 Å². The fraction of sp³-hybridized carbons (Fsp3) is 0.294. The average Bonchev–Trinajstić information content (AvgIpc) is 2.60. The largest absolute Gasteiger partial charge is 0.363 e. The molecule has 1 amide bonds. The van der Waals surface area contributed by atoms with Gasteiger partial charge in [-0.05, 0) is 35.9 Å². The van der Waals surface area contributed by atoms with Gasteiger partial charge in [0.1, 0.15) is 10.7 Å². The maximum atomic E-state index is 12.4. The van der Waals surface area contributed by atoms with E-state index in [4.69, 9.17) is 11.6 Å².